The van der Waals surface area contributed by atoms with Crippen LogP contribution in [0.1, 0.15) is 23.7 Å². The number of halogens is 5. The van der Waals surface area contributed by atoms with Crippen LogP contribution < -0.4 is 4.74 Å². The van der Waals surface area contributed by atoms with Gasteiger partial charge in [-0.05, 0) is 31.2 Å². The molecule has 1 aliphatic rings. The van der Waals surface area contributed by atoms with Crippen molar-refractivity contribution in [3.8, 4) is 5.75 Å². The van der Waals surface area contributed by atoms with Gasteiger partial charge in [0.25, 0.3) is 5.91 Å². The molecule has 1 N–H and O–H groups in total. The van der Waals surface area contributed by atoms with Crippen LogP contribution in [-0.4, -0.2) is 46.7 Å². The quantitative estimate of drug-likeness (QED) is 0.851. The fraction of sp³-hybridized carbons (Fsp3) is 0.429. The van der Waals surface area contributed by atoms with Crippen LogP contribution in [0, 0.1) is 0 Å². The Morgan fingerprint density at radius 2 is 1.79 bits per heavy atom. The predicted octanol–water partition coefficient (Wildman–Crippen LogP) is 2.80. The topological polar surface area (TPSA) is 62.1 Å². The van der Waals surface area contributed by atoms with Crippen molar-refractivity contribution in [3.63, 3.8) is 0 Å². The van der Waals surface area contributed by atoms with Crippen LogP contribution >= 0.6 is 0 Å². The highest BCUT2D eigenvalue weighted by Crippen LogP contribution is 2.49. The van der Waals surface area contributed by atoms with Crippen molar-refractivity contribution in [1.29, 1.82) is 0 Å². The van der Waals surface area contributed by atoms with Crippen LogP contribution in [0.4, 0.5) is 22.0 Å². The zero-order chi connectivity index (χ0) is 18.3. The second kappa shape index (κ2) is 5.69. The fourth-order valence-electron chi connectivity index (χ4n) is 2.26. The number of carbonyl (C=O) groups is 1. The summed E-state index contributed by atoms with van der Waals surface area (Å²) in [6.07, 6.45) is -7.18. The van der Waals surface area contributed by atoms with Gasteiger partial charge in [-0.2, -0.15) is 32.1 Å². The molecule has 0 aliphatic carbocycles. The molecule has 1 aromatic rings. The average molecular weight is 352 g/mol. The summed E-state index contributed by atoms with van der Waals surface area (Å²) in [5, 5.41) is 13.2. The second-order valence-corrected chi connectivity index (χ2v) is 5.25. The number of nitrogens with zero attached hydrogens (tertiary/aromatic N) is 2. The Balaban J connectivity index is 2.43. The number of benzene rings is 1. The molecule has 0 spiro atoms. The number of hydrogen-bond donors (Lipinski definition) is 1. The van der Waals surface area contributed by atoms with Crippen LogP contribution in [0.2, 0.25) is 0 Å². The maximum Gasteiger partial charge on any atom is 0.458 e. The third-order valence-electron chi connectivity index (χ3n) is 3.51. The molecule has 10 heteroatoms. The molecular weight excluding hydrogens is 339 g/mol. The molecule has 132 valence electrons. The van der Waals surface area contributed by atoms with E-state index in [0.29, 0.717) is 5.75 Å². The van der Waals surface area contributed by atoms with Crippen molar-refractivity contribution in [2.45, 2.75) is 31.2 Å². The van der Waals surface area contributed by atoms with Gasteiger partial charge < -0.3 is 9.84 Å². The number of rotatable bonds is 3. The molecule has 0 saturated heterocycles. The standard InChI is InChI=1S/C14H13F5N2O3/c1-8-7-12(23,13(15,16)14(17,18)19)21(20-8)11(22)9-3-5-10(24-2)6-4-9/h3-6,23H,7H2,1-2H3/t12-/m0/s1. The molecule has 1 aromatic carbocycles. The highest BCUT2D eigenvalue weighted by Gasteiger charge is 2.74. The summed E-state index contributed by atoms with van der Waals surface area (Å²) < 4.78 is 70.5. The largest absolute Gasteiger partial charge is 0.497 e. The van der Waals surface area contributed by atoms with Gasteiger partial charge in [-0.25, -0.2) is 0 Å². The molecule has 0 unspecified atom stereocenters. The first-order chi connectivity index (χ1) is 10.9. The van der Waals surface area contributed by atoms with E-state index in [4.69, 9.17) is 4.74 Å². The number of alkyl halides is 5. The van der Waals surface area contributed by atoms with Gasteiger partial charge in [0.1, 0.15) is 5.75 Å². The van der Waals surface area contributed by atoms with Crippen LogP contribution in [0.3, 0.4) is 0 Å². The van der Waals surface area contributed by atoms with E-state index in [1.807, 2.05) is 0 Å². The van der Waals surface area contributed by atoms with E-state index in [1.54, 1.807) is 0 Å². The Hall–Kier alpha value is -2.23. The molecule has 0 radical (unpaired) electrons. The third kappa shape index (κ3) is 2.70. The third-order valence-corrected chi connectivity index (χ3v) is 3.51. The minimum atomic E-state index is -6.06. The SMILES string of the molecule is COc1ccc(C(=O)N2N=C(C)C[C@]2(O)C(F)(F)C(F)(F)F)cc1. The van der Waals surface area contributed by atoms with Gasteiger partial charge in [0, 0.05) is 17.7 Å². The Morgan fingerprint density at radius 3 is 2.25 bits per heavy atom. The number of methoxy groups -OCH3 is 1. The molecule has 0 saturated carbocycles. The van der Waals surface area contributed by atoms with Gasteiger partial charge in [-0.1, -0.05) is 0 Å². The fourth-order valence-corrected chi connectivity index (χ4v) is 2.26. The number of amides is 1. The molecule has 0 aromatic heterocycles. The lowest BCUT2D eigenvalue weighted by molar-refractivity contribution is -0.362. The molecule has 1 amide bonds. The van der Waals surface area contributed by atoms with Gasteiger partial charge in [0.2, 0.25) is 5.72 Å². The summed E-state index contributed by atoms with van der Waals surface area (Å²) in [7, 11) is 1.35. The molecule has 2 rings (SSSR count). The van der Waals surface area contributed by atoms with E-state index < -0.39 is 30.2 Å². The van der Waals surface area contributed by atoms with Gasteiger partial charge in [-0.15, -0.1) is 0 Å². The maximum absolute atomic E-state index is 13.8. The van der Waals surface area contributed by atoms with E-state index >= 15 is 0 Å². The lowest BCUT2D eigenvalue weighted by Crippen LogP contribution is -2.64. The zero-order valence-corrected chi connectivity index (χ0v) is 12.6. The van der Waals surface area contributed by atoms with Gasteiger partial charge in [0.15, 0.2) is 0 Å². The highest BCUT2D eigenvalue weighted by atomic mass is 19.4. The van der Waals surface area contributed by atoms with Crippen LogP contribution in [-0.2, 0) is 0 Å². The number of carbonyl (C=O) groups excluding carboxylic acids is 1. The van der Waals surface area contributed by atoms with Crippen molar-refractivity contribution in [3.05, 3.63) is 29.8 Å². The Kier molecular flexibility index (Phi) is 4.29. The second-order valence-electron chi connectivity index (χ2n) is 5.25. The first-order valence-electron chi connectivity index (χ1n) is 6.63. The predicted molar refractivity (Wildman–Crippen MR) is 72.8 cm³/mol. The van der Waals surface area contributed by atoms with Crippen molar-refractivity contribution in [2.75, 3.05) is 7.11 Å². The number of ether oxygens (including phenoxy) is 1. The molecule has 1 atom stereocenters. The van der Waals surface area contributed by atoms with Crippen molar-refractivity contribution in [1.82, 2.24) is 5.01 Å². The summed E-state index contributed by atoms with van der Waals surface area (Å²) in [6.45, 7) is 1.14. The van der Waals surface area contributed by atoms with Gasteiger partial charge in [0.05, 0.1) is 7.11 Å². The lowest BCUT2D eigenvalue weighted by Gasteiger charge is -2.38. The van der Waals surface area contributed by atoms with Crippen molar-refractivity contribution >= 4 is 11.6 Å². The summed E-state index contributed by atoms with van der Waals surface area (Å²) in [5.41, 5.74) is -4.29. The number of hydrogen-bond acceptors (Lipinski definition) is 4. The van der Waals surface area contributed by atoms with Crippen molar-refractivity contribution in [2.24, 2.45) is 5.10 Å². The Labute approximate surface area is 133 Å². The molecule has 0 fully saturated rings. The summed E-state index contributed by atoms with van der Waals surface area (Å²) in [5.74, 6) is -6.51. The summed E-state index contributed by atoms with van der Waals surface area (Å²) >= 11 is 0. The van der Waals surface area contributed by atoms with E-state index in [0.717, 1.165) is 19.1 Å². The Bertz CT molecular complexity index is 672. The maximum atomic E-state index is 13.8. The van der Waals surface area contributed by atoms with Crippen LogP contribution in [0.25, 0.3) is 0 Å². The van der Waals surface area contributed by atoms with E-state index in [1.165, 1.54) is 19.2 Å². The first kappa shape index (κ1) is 18.1. The zero-order valence-electron chi connectivity index (χ0n) is 12.6. The minimum Gasteiger partial charge on any atom is -0.497 e. The molecule has 0 bridgehead atoms. The van der Waals surface area contributed by atoms with Crippen LogP contribution in [0.5, 0.6) is 5.75 Å². The van der Waals surface area contributed by atoms with E-state index in [-0.39, 0.29) is 16.3 Å². The monoisotopic (exact) mass is 352 g/mol. The molecule has 5 nitrogen and oxygen atoms in total. The first-order valence-corrected chi connectivity index (χ1v) is 6.63. The van der Waals surface area contributed by atoms with E-state index in [2.05, 4.69) is 5.10 Å². The van der Waals surface area contributed by atoms with Gasteiger partial charge in [-0.3, -0.25) is 4.79 Å². The summed E-state index contributed by atoms with van der Waals surface area (Å²) in [6, 6.07) is 4.97. The smallest absolute Gasteiger partial charge is 0.458 e. The minimum absolute atomic E-state index is 0.211. The average Bonchev–Trinajstić information content (AvgIpc) is 2.82. The molecule has 1 heterocycles. The molecule has 24 heavy (non-hydrogen) atoms. The lowest BCUT2D eigenvalue weighted by atomic mass is 9.98. The van der Waals surface area contributed by atoms with Crippen LogP contribution in [0.15, 0.2) is 29.4 Å². The number of aliphatic hydroxyl groups is 1. The van der Waals surface area contributed by atoms with E-state index in [9.17, 15) is 31.9 Å². The Morgan fingerprint density at radius 1 is 1.25 bits per heavy atom. The summed E-state index contributed by atoms with van der Waals surface area (Å²) in [4.78, 5) is 12.3. The van der Waals surface area contributed by atoms with Gasteiger partial charge >= 0.3 is 12.1 Å². The highest BCUT2D eigenvalue weighted by molar-refractivity contribution is 5.98. The number of hydrazone groups is 1. The van der Waals surface area contributed by atoms with Crippen molar-refractivity contribution < 1.29 is 36.6 Å². The molecule has 1 aliphatic heterocycles. The normalized spacial score (nSPS) is 21.7. The molecular formula is C14H13F5N2O3.